The lowest BCUT2D eigenvalue weighted by molar-refractivity contribution is 0.669. The Morgan fingerprint density at radius 2 is 1.63 bits per heavy atom. The second-order valence-electron chi connectivity index (χ2n) is 6.95. The molecule has 0 N–H and O–H groups in total. The van der Waals surface area contributed by atoms with Crippen LogP contribution in [-0.2, 0) is 13.0 Å². The maximum Gasteiger partial charge on any atom is 0.227 e. The van der Waals surface area contributed by atoms with Crippen LogP contribution >= 0.6 is 0 Å². The van der Waals surface area contributed by atoms with E-state index in [0.717, 1.165) is 31.3 Å². The molecule has 0 aliphatic heterocycles. The van der Waals surface area contributed by atoms with Gasteiger partial charge in [-0.3, -0.25) is 4.98 Å². The summed E-state index contributed by atoms with van der Waals surface area (Å²) >= 11 is 0. The maximum absolute atomic E-state index is 4.83. The predicted octanol–water partition coefficient (Wildman–Crippen LogP) is 3.97. The maximum atomic E-state index is 4.83. The van der Waals surface area contributed by atoms with Crippen molar-refractivity contribution in [2.24, 2.45) is 0 Å². The van der Waals surface area contributed by atoms with Gasteiger partial charge in [-0.1, -0.05) is 30.3 Å². The Balaban J connectivity index is 1.72. The highest BCUT2D eigenvalue weighted by Gasteiger charge is 2.15. The van der Waals surface area contributed by atoms with Crippen LogP contribution in [0.3, 0.4) is 0 Å². The molecule has 2 heterocycles. The molecule has 0 saturated carbocycles. The summed E-state index contributed by atoms with van der Waals surface area (Å²) in [4.78, 5) is 17.8. The van der Waals surface area contributed by atoms with Crippen LogP contribution in [0.1, 0.15) is 25.0 Å². The zero-order valence-electron chi connectivity index (χ0n) is 16.3. The summed E-state index contributed by atoms with van der Waals surface area (Å²) in [5, 5.41) is 0. The monoisotopic (exact) mass is 361 g/mol. The van der Waals surface area contributed by atoms with Gasteiger partial charge in [-0.15, -0.1) is 0 Å². The molecular weight excluding hydrogens is 334 g/mol. The van der Waals surface area contributed by atoms with E-state index in [1.54, 1.807) is 0 Å². The van der Waals surface area contributed by atoms with Crippen LogP contribution in [0.4, 0.5) is 11.8 Å². The van der Waals surface area contributed by atoms with Crippen molar-refractivity contribution in [2.75, 3.05) is 23.4 Å². The zero-order valence-corrected chi connectivity index (χ0v) is 16.3. The van der Waals surface area contributed by atoms with Gasteiger partial charge in [-0.25, -0.2) is 4.98 Å². The largest absolute Gasteiger partial charge is 0.350 e. The van der Waals surface area contributed by atoms with Gasteiger partial charge in [-0.2, -0.15) is 4.98 Å². The van der Waals surface area contributed by atoms with E-state index in [1.165, 1.54) is 11.1 Å². The van der Waals surface area contributed by atoms with Crippen LogP contribution in [0.15, 0.2) is 67.1 Å². The molecule has 0 radical (unpaired) electrons. The Kier molecular flexibility index (Phi) is 6.36. The van der Waals surface area contributed by atoms with Gasteiger partial charge in [0.1, 0.15) is 5.82 Å². The van der Waals surface area contributed by atoms with Crippen molar-refractivity contribution in [3.8, 4) is 0 Å². The molecule has 5 heteroatoms. The second kappa shape index (κ2) is 9.12. The molecule has 0 fully saturated rings. The Bertz CT molecular complexity index is 820. The average molecular weight is 361 g/mol. The Morgan fingerprint density at radius 1 is 0.889 bits per heavy atom. The third-order valence-corrected chi connectivity index (χ3v) is 4.57. The fourth-order valence-electron chi connectivity index (χ4n) is 2.94. The molecule has 0 unspecified atom stereocenters. The molecule has 0 aliphatic rings. The van der Waals surface area contributed by atoms with Gasteiger partial charge in [0.2, 0.25) is 5.95 Å². The Labute approximate surface area is 161 Å². The minimum Gasteiger partial charge on any atom is -0.350 e. The van der Waals surface area contributed by atoms with Crippen LogP contribution in [0.2, 0.25) is 0 Å². The quantitative estimate of drug-likeness (QED) is 0.607. The van der Waals surface area contributed by atoms with E-state index in [-0.39, 0.29) is 0 Å². The summed E-state index contributed by atoms with van der Waals surface area (Å²) in [7, 11) is 2.04. The van der Waals surface area contributed by atoms with Crippen LogP contribution in [0.25, 0.3) is 0 Å². The molecule has 0 saturated heterocycles. The van der Waals surface area contributed by atoms with E-state index in [0.29, 0.717) is 6.04 Å². The highest BCUT2D eigenvalue weighted by molar-refractivity contribution is 5.45. The second-order valence-corrected chi connectivity index (χ2v) is 6.95. The molecule has 0 amide bonds. The van der Waals surface area contributed by atoms with E-state index in [2.05, 4.69) is 57.9 Å². The van der Waals surface area contributed by atoms with E-state index in [4.69, 9.17) is 4.98 Å². The topological polar surface area (TPSA) is 45.2 Å². The van der Waals surface area contributed by atoms with Gasteiger partial charge in [-0.05, 0) is 49.6 Å². The molecule has 0 spiro atoms. The molecule has 1 aromatic carbocycles. The van der Waals surface area contributed by atoms with Gasteiger partial charge in [0.05, 0.1) is 0 Å². The van der Waals surface area contributed by atoms with Gasteiger partial charge >= 0.3 is 0 Å². The zero-order chi connectivity index (χ0) is 19.1. The number of likely N-dealkylation sites (N-methyl/N-ethyl adjacent to an activating group) is 1. The minimum absolute atomic E-state index is 0.343. The number of nitrogens with zero attached hydrogens (tertiary/aromatic N) is 5. The molecule has 3 aromatic rings. The van der Waals surface area contributed by atoms with Gasteiger partial charge in [0, 0.05) is 44.8 Å². The third kappa shape index (κ3) is 5.26. The first-order valence-corrected chi connectivity index (χ1v) is 9.37. The minimum atomic E-state index is 0.343. The number of rotatable bonds is 8. The lowest BCUT2D eigenvalue weighted by Gasteiger charge is -2.29. The molecule has 5 nitrogen and oxygen atoms in total. The van der Waals surface area contributed by atoms with Crippen molar-refractivity contribution in [1.29, 1.82) is 0 Å². The number of hydrogen-bond donors (Lipinski definition) is 0. The highest BCUT2D eigenvalue weighted by atomic mass is 15.3. The number of pyridine rings is 1. The number of benzene rings is 1. The summed E-state index contributed by atoms with van der Waals surface area (Å²) in [6.07, 6.45) is 6.44. The smallest absolute Gasteiger partial charge is 0.227 e. The van der Waals surface area contributed by atoms with Crippen molar-refractivity contribution in [2.45, 2.75) is 32.9 Å². The SMILES string of the molecule is CC(C)N(Cc1ccccc1)c1ccnc(N(C)CCc2ccncc2)n1. The molecule has 2 aromatic heterocycles. The fourth-order valence-corrected chi connectivity index (χ4v) is 2.94. The number of aromatic nitrogens is 3. The van der Waals surface area contributed by atoms with E-state index >= 15 is 0 Å². The van der Waals surface area contributed by atoms with Crippen molar-refractivity contribution in [3.63, 3.8) is 0 Å². The van der Waals surface area contributed by atoms with Gasteiger partial charge in [0.25, 0.3) is 0 Å². The van der Waals surface area contributed by atoms with Crippen LogP contribution in [-0.4, -0.2) is 34.6 Å². The molecule has 0 bridgehead atoms. The summed E-state index contributed by atoms with van der Waals surface area (Å²) in [6, 6.07) is 16.9. The highest BCUT2D eigenvalue weighted by Crippen LogP contribution is 2.20. The van der Waals surface area contributed by atoms with Gasteiger partial charge in [0.15, 0.2) is 0 Å². The van der Waals surface area contributed by atoms with E-state index in [9.17, 15) is 0 Å². The standard InChI is InChI=1S/C22H27N5/c1-18(2)27(17-20-7-5-4-6-8-20)21-11-15-24-22(25-21)26(3)16-12-19-9-13-23-14-10-19/h4-11,13-15,18H,12,16-17H2,1-3H3. The molecule has 0 atom stereocenters. The van der Waals surface area contributed by atoms with Crippen LogP contribution < -0.4 is 9.80 Å². The Morgan fingerprint density at radius 3 is 2.33 bits per heavy atom. The lowest BCUT2D eigenvalue weighted by Crippen LogP contribution is -2.32. The molecule has 3 rings (SSSR count). The molecule has 140 valence electrons. The normalized spacial score (nSPS) is 10.8. The average Bonchev–Trinajstić information content (AvgIpc) is 2.71. The van der Waals surface area contributed by atoms with E-state index < -0.39 is 0 Å². The fraction of sp³-hybridized carbons (Fsp3) is 0.318. The van der Waals surface area contributed by atoms with Crippen molar-refractivity contribution >= 4 is 11.8 Å². The van der Waals surface area contributed by atoms with Crippen LogP contribution in [0.5, 0.6) is 0 Å². The van der Waals surface area contributed by atoms with Crippen LogP contribution in [0, 0.1) is 0 Å². The summed E-state index contributed by atoms with van der Waals surface area (Å²) in [5.41, 5.74) is 2.54. The van der Waals surface area contributed by atoms with E-state index in [1.807, 2.05) is 49.9 Å². The number of hydrogen-bond acceptors (Lipinski definition) is 5. The van der Waals surface area contributed by atoms with Gasteiger partial charge < -0.3 is 9.80 Å². The van der Waals surface area contributed by atoms with Crippen molar-refractivity contribution in [3.05, 3.63) is 78.2 Å². The first-order chi connectivity index (χ1) is 13.1. The first-order valence-electron chi connectivity index (χ1n) is 9.37. The molecule has 0 aliphatic carbocycles. The van der Waals surface area contributed by atoms with Crippen molar-refractivity contribution in [1.82, 2.24) is 15.0 Å². The first kappa shape index (κ1) is 18.8. The predicted molar refractivity (Wildman–Crippen MR) is 111 cm³/mol. The molecular formula is C22H27N5. The third-order valence-electron chi connectivity index (χ3n) is 4.57. The number of anilines is 2. The molecule has 27 heavy (non-hydrogen) atoms. The lowest BCUT2D eigenvalue weighted by atomic mass is 10.2. The van der Waals surface area contributed by atoms with Crippen molar-refractivity contribution < 1.29 is 0 Å². The Hall–Kier alpha value is -2.95. The summed E-state index contributed by atoms with van der Waals surface area (Å²) in [5.74, 6) is 1.70. The summed E-state index contributed by atoms with van der Waals surface area (Å²) < 4.78 is 0. The summed E-state index contributed by atoms with van der Waals surface area (Å²) in [6.45, 7) is 6.07.